The van der Waals surface area contributed by atoms with Crippen molar-refractivity contribution < 1.29 is 29.0 Å². The molecule has 1 saturated carbocycles. The summed E-state index contributed by atoms with van der Waals surface area (Å²) >= 11 is 0. The number of amides is 4. The second-order valence-electron chi connectivity index (χ2n) is 10.3. The zero-order chi connectivity index (χ0) is 27.0. The van der Waals surface area contributed by atoms with Crippen molar-refractivity contribution in [1.29, 1.82) is 0 Å². The quantitative estimate of drug-likeness (QED) is 0.344. The highest BCUT2D eigenvalue weighted by Crippen LogP contribution is 2.38. The Hall–Kier alpha value is -3.30. The van der Waals surface area contributed by atoms with E-state index in [9.17, 15) is 24.3 Å². The molecule has 1 aromatic carbocycles. The molecule has 0 spiro atoms. The van der Waals surface area contributed by atoms with E-state index < -0.39 is 41.5 Å². The fourth-order valence-corrected chi connectivity index (χ4v) is 4.01. The summed E-state index contributed by atoms with van der Waals surface area (Å²) in [5, 5.41) is 16.1. The molecule has 10 heteroatoms. The summed E-state index contributed by atoms with van der Waals surface area (Å²) in [6, 6.07) is 3.71. The molecule has 4 amide bonds. The summed E-state index contributed by atoms with van der Waals surface area (Å²) < 4.78 is 5.32. The monoisotopic (exact) mass is 504 g/mol. The van der Waals surface area contributed by atoms with Crippen LogP contribution in [-0.2, 0) is 19.1 Å². The summed E-state index contributed by atoms with van der Waals surface area (Å²) in [6.07, 6.45) is 1.93. The van der Waals surface area contributed by atoms with Crippen LogP contribution in [-0.4, -0.2) is 57.5 Å². The number of nitrogens with zero attached hydrogens (tertiary/aromatic N) is 1. The standard InChI is InChI=1S/C26H40N4O6/c1-6-9-16(2)28-23(33)22(18-10-7-8-11-20(18)31)30(17-12-13-17)24(34)19(14-15-21(27)32)29-25(35)36-26(3,4)5/h7-8,10-11,16-17,19,22,31H,6,9,12-15H2,1-5H3,(H2,27,32)(H,28,33)(H,29,35). The highest BCUT2D eigenvalue weighted by atomic mass is 16.6. The van der Waals surface area contributed by atoms with Crippen LogP contribution in [0.15, 0.2) is 24.3 Å². The van der Waals surface area contributed by atoms with Crippen LogP contribution in [0.25, 0.3) is 0 Å². The summed E-state index contributed by atoms with van der Waals surface area (Å²) in [6.45, 7) is 8.97. The first kappa shape index (κ1) is 28.9. The van der Waals surface area contributed by atoms with Crippen LogP contribution in [0.3, 0.4) is 0 Å². The van der Waals surface area contributed by atoms with E-state index >= 15 is 0 Å². The van der Waals surface area contributed by atoms with Gasteiger partial charge < -0.3 is 31.1 Å². The molecule has 1 fully saturated rings. The molecule has 0 aliphatic heterocycles. The van der Waals surface area contributed by atoms with E-state index in [4.69, 9.17) is 10.5 Å². The summed E-state index contributed by atoms with van der Waals surface area (Å²) in [7, 11) is 0. The largest absolute Gasteiger partial charge is 0.508 e. The van der Waals surface area contributed by atoms with Crippen molar-refractivity contribution in [2.75, 3.05) is 0 Å². The summed E-state index contributed by atoms with van der Waals surface area (Å²) in [4.78, 5) is 52.9. The van der Waals surface area contributed by atoms with Crippen molar-refractivity contribution in [1.82, 2.24) is 15.5 Å². The third kappa shape index (κ3) is 8.73. The van der Waals surface area contributed by atoms with Crippen LogP contribution in [0.5, 0.6) is 5.75 Å². The lowest BCUT2D eigenvalue weighted by molar-refractivity contribution is -0.143. The predicted molar refractivity (Wildman–Crippen MR) is 135 cm³/mol. The fraction of sp³-hybridized carbons (Fsp3) is 0.615. The average Bonchev–Trinajstić information content (AvgIpc) is 3.59. The Balaban J connectivity index is 2.45. The first-order valence-electron chi connectivity index (χ1n) is 12.5. The number of alkyl carbamates (subject to hydrolysis) is 1. The number of carbonyl (C=O) groups is 4. The van der Waals surface area contributed by atoms with Crippen LogP contribution in [0.2, 0.25) is 0 Å². The molecule has 0 heterocycles. The van der Waals surface area contributed by atoms with E-state index in [1.807, 2.05) is 13.8 Å². The van der Waals surface area contributed by atoms with E-state index in [-0.39, 0.29) is 36.2 Å². The zero-order valence-corrected chi connectivity index (χ0v) is 21.9. The van der Waals surface area contributed by atoms with Gasteiger partial charge in [0.1, 0.15) is 23.4 Å². The zero-order valence-electron chi connectivity index (χ0n) is 21.9. The SMILES string of the molecule is CCCC(C)NC(=O)C(c1ccccc1O)N(C(=O)C(CCC(N)=O)NC(=O)OC(C)(C)C)C1CC1. The first-order valence-corrected chi connectivity index (χ1v) is 12.5. The molecule has 2 rings (SSSR count). The normalized spacial score (nSPS) is 15.8. The van der Waals surface area contributed by atoms with Gasteiger partial charge in [-0.15, -0.1) is 0 Å². The number of primary amides is 1. The van der Waals surface area contributed by atoms with Gasteiger partial charge in [0, 0.05) is 24.1 Å². The lowest BCUT2D eigenvalue weighted by Crippen LogP contribution is -2.54. The van der Waals surface area contributed by atoms with Gasteiger partial charge in [0.15, 0.2) is 0 Å². The van der Waals surface area contributed by atoms with E-state index in [1.165, 1.54) is 11.0 Å². The summed E-state index contributed by atoms with van der Waals surface area (Å²) in [5.74, 6) is -1.71. The minimum Gasteiger partial charge on any atom is -0.508 e. The van der Waals surface area contributed by atoms with Crippen LogP contribution >= 0.6 is 0 Å². The number of nitrogens with two attached hydrogens (primary N) is 1. The second-order valence-corrected chi connectivity index (χ2v) is 10.3. The highest BCUT2D eigenvalue weighted by molar-refractivity contribution is 5.93. The predicted octanol–water partition coefficient (Wildman–Crippen LogP) is 2.89. The van der Waals surface area contributed by atoms with E-state index in [2.05, 4.69) is 10.6 Å². The van der Waals surface area contributed by atoms with Gasteiger partial charge in [-0.25, -0.2) is 4.79 Å². The van der Waals surface area contributed by atoms with Crippen LogP contribution in [0.1, 0.15) is 84.7 Å². The molecule has 1 aliphatic carbocycles. The Morgan fingerprint density at radius 2 is 1.78 bits per heavy atom. The number of carbonyl (C=O) groups excluding carboxylic acids is 4. The van der Waals surface area contributed by atoms with Gasteiger partial charge in [-0.1, -0.05) is 31.5 Å². The van der Waals surface area contributed by atoms with Crippen LogP contribution in [0, 0.1) is 0 Å². The second kappa shape index (κ2) is 12.6. The van der Waals surface area contributed by atoms with Crippen molar-refractivity contribution >= 4 is 23.8 Å². The molecule has 3 unspecified atom stereocenters. The number of hydrogen-bond acceptors (Lipinski definition) is 6. The summed E-state index contributed by atoms with van der Waals surface area (Å²) in [5.41, 5.74) is 4.80. The highest BCUT2D eigenvalue weighted by Gasteiger charge is 2.45. The lowest BCUT2D eigenvalue weighted by Gasteiger charge is -2.35. The lowest BCUT2D eigenvalue weighted by atomic mass is 9.99. The number of hydrogen-bond donors (Lipinski definition) is 4. The van der Waals surface area contributed by atoms with Crippen molar-refractivity contribution in [2.24, 2.45) is 5.73 Å². The molecule has 10 nitrogen and oxygen atoms in total. The maximum absolute atomic E-state index is 13.9. The fourth-order valence-electron chi connectivity index (χ4n) is 4.01. The van der Waals surface area contributed by atoms with E-state index in [1.54, 1.807) is 39.0 Å². The number of aromatic hydroxyl groups is 1. The van der Waals surface area contributed by atoms with Gasteiger partial charge in [0.2, 0.25) is 17.7 Å². The Morgan fingerprint density at radius 1 is 1.14 bits per heavy atom. The molecule has 200 valence electrons. The number of benzene rings is 1. The molecule has 1 aromatic rings. The molecule has 5 N–H and O–H groups in total. The number of ether oxygens (including phenoxy) is 1. The minimum absolute atomic E-state index is 0.0576. The van der Waals surface area contributed by atoms with Crippen LogP contribution < -0.4 is 16.4 Å². The molecule has 0 radical (unpaired) electrons. The first-order chi connectivity index (χ1) is 16.8. The molecule has 0 saturated heterocycles. The van der Waals surface area contributed by atoms with E-state index in [0.717, 1.165) is 12.8 Å². The van der Waals surface area contributed by atoms with Gasteiger partial charge in [-0.2, -0.15) is 0 Å². The third-order valence-corrected chi connectivity index (χ3v) is 5.73. The topological polar surface area (TPSA) is 151 Å². The number of phenols is 1. The number of phenolic OH excluding ortho intramolecular Hbond substituents is 1. The van der Waals surface area contributed by atoms with Gasteiger partial charge in [-0.05, 0) is 59.4 Å². The van der Waals surface area contributed by atoms with Crippen molar-refractivity contribution in [3.63, 3.8) is 0 Å². The maximum Gasteiger partial charge on any atom is 0.408 e. The molecule has 1 aliphatic rings. The molecule has 36 heavy (non-hydrogen) atoms. The third-order valence-electron chi connectivity index (χ3n) is 5.73. The van der Waals surface area contributed by atoms with Gasteiger partial charge >= 0.3 is 6.09 Å². The van der Waals surface area contributed by atoms with Crippen molar-refractivity contribution in [2.45, 2.75) is 103 Å². The Labute approximate surface area is 212 Å². The molecule has 0 bridgehead atoms. The van der Waals surface area contributed by atoms with Crippen molar-refractivity contribution in [3.05, 3.63) is 29.8 Å². The van der Waals surface area contributed by atoms with Crippen molar-refractivity contribution in [3.8, 4) is 5.75 Å². The van der Waals surface area contributed by atoms with Gasteiger partial charge in [0.25, 0.3) is 0 Å². The Kier molecular flexibility index (Phi) is 10.1. The number of para-hydroxylation sites is 1. The number of nitrogens with one attached hydrogen (secondary N) is 2. The molecular weight excluding hydrogens is 464 g/mol. The Morgan fingerprint density at radius 3 is 2.31 bits per heavy atom. The average molecular weight is 505 g/mol. The molecule has 3 atom stereocenters. The minimum atomic E-state index is -1.15. The van der Waals surface area contributed by atoms with Gasteiger partial charge in [-0.3, -0.25) is 14.4 Å². The number of rotatable bonds is 12. The molecular formula is C26H40N4O6. The van der Waals surface area contributed by atoms with Gasteiger partial charge in [0.05, 0.1) is 0 Å². The maximum atomic E-state index is 13.9. The Bertz CT molecular complexity index is 941. The van der Waals surface area contributed by atoms with E-state index in [0.29, 0.717) is 12.8 Å². The van der Waals surface area contributed by atoms with Crippen LogP contribution in [0.4, 0.5) is 4.79 Å². The smallest absolute Gasteiger partial charge is 0.408 e. The molecule has 0 aromatic heterocycles.